The number of aromatic nitrogens is 4. The molecule has 88 valence electrons. The fourth-order valence-electron chi connectivity index (χ4n) is 1.51. The highest BCUT2D eigenvalue weighted by Crippen LogP contribution is 2.11. The molecule has 0 amide bonds. The zero-order chi connectivity index (χ0) is 12.3. The Balaban J connectivity index is 1.98. The maximum Gasteiger partial charge on any atom is 0.182 e. The zero-order valence-electron chi connectivity index (χ0n) is 9.30. The average Bonchev–Trinajstić information content (AvgIpc) is 2.63. The standard InChI is InChI=1S/C11H11ClN4O/c1-16-14-11(13-15-16)7-10(17)6-8-3-2-4-9(12)5-8/h2-5H,6-7H2,1H3. The fourth-order valence-corrected chi connectivity index (χ4v) is 1.72. The van der Waals surface area contributed by atoms with Crippen molar-refractivity contribution in [1.82, 2.24) is 20.2 Å². The van der Waals surface area contributed by atoms with E-state index in [9.17, 15) is 4.79 Å². The van der Waals surface area contributed by atoms with E-state index in [4.69, 9.17) is 11.6 Å². The Morgan fingerprint density at radius 1 is 1.41 bits per heavy atom. The van der Waals surface area contributed by atoms with Crippen LogP contribution in [0.5, 0.6) is 0 Å². The van der Waals surface area contributed by atoms with Gasteiger partial charge in [0.25, 0.3) is 0 Å². The number of carbonyl (C=O) groups excluding carboxylic acids is 1. The number of benzene rings is 1. The van der Waals surface area contributed by atoms with E-state index in [1.807, 2.05) is 12.1 Å². The van der Waals surface area contributed by atoms with Crippen LogP contribution < -0.4 is 0 Å². The van der Waals surface area contributed by atoms with E-state index >= 15 is 0 Å². The van der Waals surface area contributed by atoms with Crippen LogP contribution in [-0.4, -0.2) is 26.0 Å². The van der Waals surface area contributed by atoms with Crippen LogP contribution in [0.2, 0.25) is 5.02 Å². The van der Waals surface area contributed by atoms with Crippen LogP contribution in [0, 0.1) is 0 Å². The van der Waals surface area contributed by atoms with Gasteiger partial charge in [0.05, 0.1) is 13.5 Å². The van der Waals surface area contributed by atoms with E-state index < -0.39 is 0 Å². The number of hydrogen-bond acceptors (Lipinski definition) is 4. The van der Waals surface area contributed by atoms with Crippen molar-refractivity contribution < 1.29 is 4.79 Å². The third-order valence-electron chi connectivity index (χ3n) is 2.20. The van der Waals surface area contributed by atoms with Crippen LogP contribution in [0.4, 0.5) is 0 Å². The molecule has 0 atom stereocenters. The first-order valence-electron chi connectivity index (χ1n) is 5.12. The number of nitrogens with zero attached hydrogens (tertiary/aromatic N) is 4. The van der Waals surface area contributed by atoms with Crippen molar-refractivity contribution in [3.05, 3.63) is 40.7 Å². The summed E-state index contributed by atoms with van der Waals surface area (Å²) in [5.41, 5.74) is 0.895. The summed E-state index contributed by atoms with van der Waals surface area (Å²) in [4.78, 5) is 13.1. The van der Waals surface area contributed by atoms with Gasteiger partial charge in [0.15, 0.2) is 5.82 Å². The monoisotopic (exact) mass is 250 g/mol. The first kappa shape index (κ1) is 11.7. The van der Waals surface area contributed by atoms with Crippen molar-refractivity contribution in [1.29, 1.82) is 0 Å². The molecule has 0 bridgehead atoms. The van der Waals surface area contributed by atoms with Crippen molar-refractivity contribution in [3.8, 4) is 0 Å². The number of rotatable bonds is 4. The van der Waals surface area contributed by atoms with Gasteiger partial charge < -0.3 is 0 Å². The average molecular weight is 251 g/mol. The molecule has 6 heteroatoms. The van der Waals surface area contributed by atoms with Crippen LogP contribution in [0.1, 0.15) is 11.4 Å². The zero-order valence-corrected chi connectivity index (χ0v) is 10.1. The Morgan fingerprint density at radius 3 is 2.88 bits per heavy atom. The molecule has 5 nitrogen and oxygen atoms in total. The van der Waals surface area contributed by atoms with Crippen LogP contribution >= 0.6 is 11.6 Å². The topological polar surface area (TPSA) is 60.7 Å². The van der Waals surface area contributed by atoms with Gasteiger partial charge in [-0.15, -0.1) is 10.2 Å². The molecular weight excluding hydrogens is 240 g/mol. The molecule has 17 heavy (non-hydrogen) atoms. The molecule has 0 saturated heterocycles. The highest BCUT2D eigenvalue weighted by atomic mass is 35.5. The smallest absolute Gasteiger partial charge is 0.182 e. The molecular formula is C11H11ClN4O. The molecule has 0 spiro atoms. The SMILES string of the molecule is Cn1nnc(CC(=O)Cc2cccc(Cl)c2)n1. The molecule has 0 saturated carbocycles. The van der Waals surface area contributed by atoms with Gasteiger partial charge in [0.2, 0.25) is 0 Å². The number of aryl methyl sites for hydroxylation is 1. The molecule has 2 aromatic rings. The molecule has 0 radical (unpaired) electrons. The minimum atomic E-state index is 0.0419. The summed E-state index contributed by atoms with van der Waals surface area (Å²) < 4.78 is 0. The van der Waals surface area contributed by atoms with Gasteiger partial charge in [-0.1, -0.05) is 23.7 Å². The lowest BCUT2D eigenvalue weighted by Crippen LogP contribution is -2.08. The van der Waals surface area contributed by atoms with E-state index in [2.05, 4.69) is 15.4 Å². The van der Waals surface area contributed by atoms with Crippen LogP contribution in [0.3, 0.4) is 0 Å². The summed E-state index contributed by atoms with van der Waals surface area (Å²) in [5, 5.41) is 12.0. The van der Waals surface area contributed by atoms with Crippen molar-refractivity contribution in [3.63, 3.8) is 0 Å². The quantitative estimate of drug-likeness (QED) is 0.819. The first-order chi connectivity index (χ1) is 8.13. The summed E-state index contributed by atoms with van der Waals surface area (Å²) in [5.74, 6) is 0.486. The van der Waals surface area contributed by atoms with Crippen molar-refractivity contribution in [2.45, 2.75) is 12.8 Å². The molecule has 2 rings (SSSR count). The van der Waals surface area contributed by atoms with E-state index in [-0.39, 0.29) is 12.2 Å². The number of tetrazole rings is 1. The third kappa shape index (κ3) is 3.35. The normalized spacial score (nSPS) is 10.5. The van der Waals surface area contributed by atoms with Gasteiger partial charge >= 0.3 is 0 Å². The molecule has 0 aliphatic heterocycles. The summed E-state index contributed by atoms with van der Waals surface area (Å²) in [6.45, 7) is 0. The van der Waals surface area contributed by atoms with E-state index in [0.29, 0.717) is 17.3 Å². The number of Topliss-reactive ketones (excluding diaryl/α,β-unsaturated/α-hetero) is 1. The Hall–Kier alpha value is -1.75. The molecule has 0 unspecified atom stereocenters. The first-order valence-corrected chi connectivity index (χ1v) is 5.50. The van der Waals surface area contributed by atoms with Crippen LogP contribution in [0.15, 0.2) is 24.3 Å². The number of ketones is 1. The molecule has 0 fully saturated rings. The lowest BCUT2D eigenvalue weighted by molar-refractivity contribution is -0.117. The number of carbonyl (C=O) groups is 1. The van der Waals surface area contributed by atoms with Crippen molar-refractivity contribution >= 4 is 17.4 Å². The van der Waals surface area contributed by atoms with Crippen LogP contribution in [-0.2, 0) is 24.7 Å². The number of hydrogen-bond donors (Lipinski definition) is 0. The second-order valence-electron chi connectivity index (χ2n) is 3.72. The summed E-state index contributed by atoms with van der Waals surface area (Å²) in [6, 6.07) is 7.25. The Kier molecular flexibility index (Phi) is 3.49. The van der Waals surface area contributed by atoms with Crippen molar-refractivity contribution in [2.24, 2.45) is 7.05 Å². The van der Waals surface area contributed by atoms with Gasteiger partial charge in [-0.2, -0.15) is 4.80 Å². The van der Waals surface area contributed by atoms with E-state index in [0.717, 1.165) is 5.56 Å². The van der Waals surface area contributed by atoms with E-state index in [1.165, 1.54) is 4.80 Å². The molecule has 0 aliphatic rings. The summed E-state index contributed by atoms with van der Waals surface area (Å²) >= 11 is 5.84. The molecule has 1 heterocycles. The lowest BCUT2D eigenvalue weighted by atomic mass is 10.1. The molecule has 0 aliphatic carbocycles. The van der Waals surface area contributed by atoms with Gasteiger partial charge in [-0.05, 0) is 22.9 Å². The Labute approximate surface area is 103 Å². The summed E-state index contributed by atoms with van der Waals surface area (Å²) in [7, 11) is 1.66. The highest BCUT2D eigenvalue weighted by molar-refractivity contribution is 6.30. The fraction of sp³-hybridized carbons (Fsp3) is 0.273. The van der Waals surface area contributed by atoms with Crippen molar-refractivity contribution in [2.75, 3.05) is 0 Å². The minimum absolute atomic E-state index is 0.0419. The molecule has 1 aromatic carbocycles. The maximum atomic E-state index is 11.7. The largest absolute Gasteiger partial charge is 0.299 e. The minimum Gasteiger partial charge on any atom is -0.299 e. The predicted octanol–water partition coefficient (Wildman–Crippen LogP) is 1.22. The number of halogens is 1. The third-order valence-corrected chi connectivity index (χ3v) is 2.43. The molecule has 1 aromatic heterocycles. The Bertz CT molecular complexity index is 538. The van der Waals surface area contributed by atoms with E-state index in [1.54, 1.807) is 19.2 Å². The Morgan fingerprint density at radius 2 is 2.24 bits per heavy atom. The van der Waals surface area contributed by atoms with Gasteiger partial charge in [0, 0.05) is 11.4 Å². The maximum absolute atomic E-state index is 11.7. The van der Waals surface area contributed by atoms with Gasteiger partial charge in [-0.3, -0.25) is 4.79 Å². The van der Waals surface area contributed by atoms with Crippen LogP contribution in [0.25, 0.3) is 0 Å². The van der Waals surface area contributed by atoms with Gasteiger partial charge in [0.1, 0.15) is 5.78 Å². The highest BCUT2D eigenvalue weighted by Gasteiger charge is 2.09. The second kappa shape index (κ2) is 5.05. The predicted molar refractivity (Wildman–Crippen MR) is 62.7 cm³/mol. The summed E-state index contributed by atoms with van der Waals surface area (Å²) in [6.07, 6.45) is 0.527. The lowest BCUT2D eigenvalue weighted by Gasteiger charge is -1.99. The second-order valence-corrected chi connectivity index (χ2v) is 4.15. The van der Waals surface area contributed by atoms with Gasteiger partial charge in [-0.25, -0.2) is 0 Å². The molecule has 0 N–H and O–H groups in total.